The number of hydrogen-bond donors (Lipinski definition) is 1. The largest absolute Gasteiger partial charge is 0.478 e. The molecule has 0 unspecified atom stereocenters. The number of aromatic carboxylic acids is 1. The number of nitrogens with zero attached hydrogens (tertiary/aromatic N) is 1. The molecule has 2 aromatic carbocycles. The van der Waals surface area contributed by atoms with Gasteiger partial charge >= 0.3 is 5.97 Å². The summed E-state index contributed by atoms with van der Waals surface area (Å²) in [5.41, 5.74) is 2.01. The summed E-state index contributed by atoms with van der Waals surface area (Å²) in [4.78, 5) is 26.3. The zero-order chi connectivity index (χ0) is 17.1. The molecular formula is C20H21NO3. The number of carbonyl (C=O) groups is 2. The first-order valence-corrected chi connectivity index (χ1v) is 8.28. The Labute approximate surface area is 141 Å². The molecule has 3 rings (SSSR count). The second-order valence-electron chi connectivity index (χ2n) is 6.25. The van der Waals surface area contributed by atoms with Gasteiger partial charge in [-0.25, -0.2) is 4.79 Å². The number of rotatable bonds is 4. The quantitative estimate of drug-likeness (QED) is 0.923. The highest BCUT2D eigenvalue weighted by Gasteiger charge is 2.26. The Hall–Kier alpha value is -2.62. The molecule has 1 aliphatic carbocycles. The van der Waals surface area contributed by atoms with Crippen molar-refractivity contribution >= 4 is 11.9 Å². The molecule has 0 bridgehead atoms. The highest BCUT2D eigenvalue weighted by molar-refractivity contribution is 6.04. The Morgan fingerprint density at radius 3 is 2.00 bits per heavy atom. The summed E-state index contributed by atoms with van der Waals surface area (Å²) in [5.74, 6) is -1.03. The molecule has 1 N–H and O–H groups in total. The fourth-order valence-corrected chi connectivity index (χ4v) is 3.46. The zero-order valence-electron chi connectivity index (χ0n) is 13.7. The van der Waals surface area contributed by atoms with Crippen LogP contribution in [0.4, 0.5) is 0 Å². The number of benzene rings is 2. The summed E-state index contributed by atoms with van der Waals surface area (Å²) in [5, 5.41) is 9.44. The third-order valence-corrected chi connectivity index (χ3v) is 4.80. The summed E-state index contributed by atoms with van der Waals surface area (Å²) >= 11 is 0. The summed E-state index contributed by atoms with van der Waals surface area (Å²) in [6.45, 7) is 0. The average molecular weight is 323 g/mol. The predicted molar refractivity (Wildman–Crippen MR) is 93.2 cm³/mol. The maximum absolute atomic E-state index is 13.0. The summed E-state index contributed by atoms with van der Waals surface area (Å²) < 4.78 is 0. The highest BCUT2D eigenvalue weighted by Crippen LogP contribution is 2.30. The third kappa shape index (κ3) is 3.04. The number of carboxylic acid groups (broad SMARTS) is 1. The maximum Gasteiger partial charge on any atom is 0.336 e. The van der Waals surface area contributed by atoms with E-state index in [0.717, 1.165) is 25.7 Å². The highest BCUT2D eigenvalue weighted by atomic mass is 16.4. The molecular weight excluding hydrogens is 302 g/mol. The monoisotopic (exact) mass is 323 g/mol. The maximum atomic E-state index is 13.0. The third-order valence-electron chi connectivity index (χ3n) is 4.80. The molecule has 4 nitrogen and oxygen atoms in total. The van der Waals surface area contributed by atoms with Crippen molar-refractivity contribution in [2.24, 2.45) is 0 Å². The van der Waals surface area contributed by atoms with Gasteiger partial charge in [0.05, 0.1) is 5.56 Å². The van der Waals surface area contributed by atoms with Crippen molar-refractivity contribution in [1.29, 1.82) is 0 Å². The molecule has 0 atom stereocenters. The van der Waals surface area contributed by atoms with Crippen LogP contribution in [-0.2, 0) is 0 Å². The van der Waals surface area contributed by atoms with Gasteiger partial charge in [-0.1, -0.05) is 49.2 Å². The second kappa shape index (κ2) is 6.87. The molecule has 0 aromatic heterocycles. The standard InChI is InChI=1S/C20H21NO3/c1-21(14-8-2-3-9-14)19(22)17-12-6-4-10-15(17)16-11-5-7-13-18(16)20(23)24/h4-7,10-14H,2-3,8-9H2,1H3,(H,23,24). The van der Waals surface area contributed by atoms with Crippen molar-refractivity contribution < 1.29 is 14.7 Å². The van der Waals surface area contributed by atoms with E-state index in [2.05, 4.69) is 0 Å². The topological polar surface area (TPSA) is 57.6 Å². The normalized spacial score (nSPS) is 14.5. The van der Waals surface area contributed by atoms with Crippen LogP contribution in [0.3, 0.4) is 0 Å². The van der Waals surface area contributed by atoms with E-state index < -0.39 is 5.97 Å². The van der Waals surface area contributed by atoms with Gasteiger partial charge in [0.25, 0.3) is 5.91 Å². The van der Waals surface area contributed by atoms with Crippen LogP contribution in [0.15, 0.2) is 48.5 Å². The van der Waals surface area contributed by atoms with Crippen LogP contribution in [0.1, 0.15) is 46.4 Å². The molecule has 1 aliphatic rings. The first-order valence-electron chi connectivity index (χ1n) is 8.28. The molecule has 1 fully saturated rings. The van der Waals surface area contributed by atoms with E-state index in [0.29, 0.717) is 16.7 Å². The van der Waals surface area contributed by atoms with Crippen molar-refractivity contribution in [3.05, 3.63) is 59.7 Å². The minimum atomic E-state index is -0.989. The van der Waals surface area contributed by atoms with E-state index in [1.165, 1.54) is 0 Å². The van der Waals surface area contributed by atoms with Crippen LogP contribution < -0.4 is 0 Å². The molecule has 24 heavy (non-hydrogen) atoms. The number of hydrogen-bond acceptors (Lipinski definition) is 2. The van der Waals surface area contributed by atoms with Gasteiger partial charge < -0.3 is 10.0 Å². The van der Waals surface area contributed by atoms with E-state index in [1.54, 1.807) is 30.3 Å². The van der Waals surface area contributed by atoms with Gasteiger partial charge in [0.1, 0.15) is 0 Å². The molecule has 2 aromatic rings. The van der Waals surface area contributed by atoms with Gasteiger partial charge in [0.2, 0.25) is 0 Å². The van der Waals surface area contributed by atoms with Crippen LogP contribution in [0, 0.1) is 0 Å². The van der Waals surface area contributed by atoms with Gasteiger partial charge in [0.15, 0.2) is 0 Å². The number of carbonyl (C=O) groups excluding carboxylic acids is 1. The van der Waals surface area contributed by atoms with Crippen LogP contribution in [0.25, 0.3) is 11.1 Å². The zero-order valence-corrected chi connectivity index (χ0v) is 13.7. The minimum Gasteiger partial charge on any atom is -0.478 e. The van der Waals surface area contributed by atoms with E-state index >= 15 is 0 Å². The van der Waals surface area contributed by atoms with Gasteiger partial charge in [-0.3, -0.25) is 4.79 Å². The summed E-state index contributed by atoms with van der Waals surface area (Å²) in [7, 11) is 1.85. The Bertz CT molecular complexity index is 763. The average Bonchev–Trinajstić information content (AvgIpc) is 3.15. The van der Waals surface area contributed by atoms with E-state index in [1.807, 2.05) is 30.1 Å². The first kappa shape index (κ1) is 16.2. The summed E-state index contributed by atoms with van der Waals surface area (Å²) in [6, 6.07) is 14.3. The predicted octanol–water partition coefficient (Wildman–Crippen LogP) is 4.07. The van der Waals surface area contributed by atoms with Crippen molar-refractivity contribution in [3.63, 3.8) is 0 Å². The number of amides is 1. The Morgan fingerprint density at radius 1 is 0.917 bits per heavy atom. The van der Waals surface area contributed by atoms with Crippen LogP contribution in [-0.4, -0.2) is 35.0 Å². The van der Waals surface area contributed by atoms with Crippen molar-refractivity contribution in [2.45, 2.75) is 31.7 Å². The Kier molecular flexibility index (Phi) is 4.65. The Balaban J connectivity index is 2.03. The van der Waals surface area contributed by atoms with E-state index in [4.69, 9.17) is 0 Å². The van der Waals surface area contributed by atoms with Crippen LogP contribution >= 0.6 is 0 Å². The van der Waals surface area contributed by atoms with Gasteiger partial charge in [0, 0.05) is 18.7 Å². The molecule has 0 heterocycles. The van der Waals surface area contributed by atoms with Crippen molar-refractivity contribution in [2.75, 3.05) is 7.05 Å². The molecule has 0 saturated heterocycles. The minimum absolute atomic E-state index is 0.0438. The Morgan fingerprint density at radius 2 is 1.42 bits per heavy atom. The van der Waals surface area contributed by atoms with Crippen molar-refractivity contribution in [3.8, 4) is 11.1 Å². The SMILES string of the molecule is CN(C(=O)c1ccccc1-c1ccccc1C(=O)O)C1CCCC1. The fourth-order valence-electron chi connectivity index (χ4n) is 3.46. The molecule has 1 saturated carbocycles. The lowest BCUT2D eigenvalue weighted by Gasteiger charge is -2.25. The molecule has 4 heteroatoms. The van der Waals surface area contributed by atoms with Gasteiger partial charge in [-0.05, 0) is 36.1 Å². The molecule has 124 valence electrons. The van der Waals surface area contributed by atoms with Gasteiger partial charge in [-0.2, -0.15) is 0 Å². The van der Waals surface area contributed by atoms with Crippen LogP contribution in [0.2, 0.25) is 0 Å². The fraction of sp³-hybridized carbons (Fsp3) is 0.300. The van der Waals surface area contributed by atoms with E-state index in [-0.39, 0.29) is 17.5 Å². The van der Waals surface area contributed by atoms with Crippen LogP contribution in [0.5, 0.6) is 0 Å². The lowest BCUT2D eigenvalue weighted by Crippen LogP contribution is -2.35. The van der Waals surface area contributed by atoms with Crippen molar-refractivity contribution in [1.82, 2.24) is 4.90 Å². The first-order chi connectivity index (χ1) is 11.6. The summed E-state index contributed by atoms with van der Waals surface area (Å²) in [6.07, 6.45) is 4.39. The molecule has 0 radical (unpaired) electrons. The molecule has 0 spiro atoms. The van der Waals surface area contributed by atoms with Gasteiger partial charge in [-0.15, -0.1) is 0 Å². The lowest BCUT2D eigenvalue weighted by molar-refractivity contribution is 0.0694. The molecule has 0 aliphatic heterocycles. The number of carboxylic acids is 1. The lowest BCUT2D eigenvalue weighted by atomic mass is 9.94. The smallest absolute Gasteiger partial charge is 0.336 e. The molecule has 1 amide bonds. The van der Waals surface area contributed by atoms with E-state index in [9.17, 15) is 14.7 Å². The second-order valence-corrected chi connectivity index (χ2v) is 6.25.